The molecule has 3 atom stereocenters. The van der Waals surface area contributed by atoms with Crippen LogP contribution in [0.4, 0.5) is 0 Å². The number of nitrogens with zero attached hydrogens (tertiary/aromatic N) is 1. The van der Waals surface area contributed by atoms with Gasteiger partial charge in [0.05, 0.1) is 18.6 Å². The van der Waals surface area contributed by atoms with Crippen molar-refractivity contribution in [2.45, 2.75) is 43.9 Å². The van der Waals surface area contributed by atoms with Gasteiger partial charge in [0.1, 0.15) is 6.10 Å². The molecule has 3 aliphatic rings. The molecule has 24 heavy (non-hydrogen) atoms. The first-order chi connectivity index (χ1) is 11.7. The molecule has 0 saturated carbocycles. The molecule has 0 aromatic heterocycles. The summed E-state index contributed by atoms with van der Waals surface area (Å²) < 4.78 is 11.9. The van der Waals surface area contributed by atoms with E-state index in [1.54, 1.807) is 7.11 Å². The molecular weight excluding hydrogens is 302 g/mol. The second kappa shape index (κ2) is 5.94. The number of rotatable bonds is 3. The molecule has 0 unspecified atom stereocenters. The van der Waals surface area contributed by atoms with E-state index in [1.165, 1.54) is 11.1 Å². The molecule has 4 heteroatoms. The third-order valence-electron chi connectivity index (χ3n) is 5.63. The van der Waals surface area contributed by atoms with E-state index in [0.717, 1.165) is 37.6 Å². The first kappa shape index (κ1) is 15.7. The van der Waals surface area contributed by atoms with E-state index in [9.17, 15) is 5.11 Å². The summed E-state index contributed by atoms with van der Waals surface area (Å²) in [6, 6.07) is 4.19. The lowest BCUT2D eigenvalue weighted by molar-refractivity contribution is 0.0816. The van der Waals surface area contributed by atoms with Crippen molar-refractivity contribution in [3.05, 3.63) is 47.6 Å². The first-order valence-corrected chi connectivity index (χ1v) is 8.76. The molecule has 0 saturated heterocycles. The third kappa shape index (κ3) is 2.28. The van der Waals surface area contributed by atoms with Crippen LogP contribution in [-0.4, -0.2) is 42.4 Å². The van der Waals surface area contributed by atoms with Gasteiger partial charge in [0, 0.05) is 31.6 Å². The van der Waals surface area contributed by atoms with Crippen molar-refractivity contribution in [1.82, 2.24) is 4.90 Å². The van der Waals surface area contributed by atoms with Crippen molar-refractivity contribution in [3.63, 3.8) is 0 Å². The molecule has 1 aromatic carbocycles. The maximum absolute atomic E-state index is 10.1. The average molecular weight is 327 g/mol. The molecule has 1 N–H and O–H groups in total. The molecule has 1 aromatic rings. The van der Waals surface area contributed by atoms with E-state index in [1.807, 2.05) is 12.1 Å². The SMILES string of the molecule is C/C=C/CN1CC[C@@]23C=C[C@H](O)C[C@@H]2Oc2c(OC)ccc(c23)C1. The molecule has 4 nitrogen and oxygen atoms in total. The Morgan fingerprint density at radius 2 is 2.33 bits per heavy atom. The van der Waals surface area contributed by atoms with Crippen LogP contribution in [0, 0.1) is 0 Å². The summed E-state index contributed by atoms with van der Waals surface area (Å²) >= 11 is 0. The van der Waals surface area contributed by atoms with Gasteiger partial charge < -0.3 is 14.6 Å². The van der Waals surface area contributed by atoms with Crippen molar-refractivity contribution in [1.29, 1.82) is 0 Å². The van der Waals surface area contributed by atoms with Crippen LogP contribution in [0.25, 0.3) is 0 Å². The van der Waals surface area contributed by atoms with Gasteiger partial charge in [0.15, 0.2) is 11.5 Å². The second-order valence-electron chi connectivity index (χ2n) is 6.99. The van der Waals surface area contributed by atoms with Gasteiger partial charge in [-0.2, -0.15) is 0 Å². The van der Waals surface area contributed by atoms with Crippen molar-refractivity contribution < 1.29 is 14.6 Å². The molecule has 2 aliphatic heterocycles. The van der Waals surface area contributed by atoms with Gasteiger partial charge >= 0.3 is 0 Å². The number of methoxy groups -OCH3 is 1. The summed E-state index contributed by atoms with van der Waals surface area (Å²) in [5.41, 5.74) is 2.46. The van der Waals surface area contributed by atoms with E-state index in [-0.39, 0.29) is 11.5 Å². The van der Waals surface area contributed by atoms with E-state index in [2.05, 4.69) is 36.1 Å². The predicted molar refractivity (Wildman–Crippen MR) is 93.6 cm³/mol. The highest BCUT2D eigenvalue weighted by Crippen LogP contribution is 2.55. The predicted octanol–water partition coefficient (Wildman–Crippen LogP) is 2.80. The van der Waals surface area contributed by atoms with Crippen molar-refractivity contribution >= 4 is 0 Å². The molecule has 0 fully saturated rings. The Morgan fingerprint density at radius 3 is 3.12 bits per heavy atom. The lowest BCUT2D eigenvalue weighted by Gasteiger charge is -2.35. The summed E-state index contributed by atoms with van der Waals surface area (Å²) in [5.74, 6) is 1.68. The van der Waals surface area contributed by atoms with E-state index in [0.29, 0.717) is 6.42 Å². The van der Waals surface area contributed by atoms with Crippen LogP contribution in [0.2, 0.25) is 0 Å². The summed E-state index contributed by atoms with van der Waals surface area (Å²) in [6.07, 6.45) is 9.67. The Kier molecular flexibility index (Phi) is 3.89. The number of allylic oxidation sites excluding steroid dienone is 1. The molecule has 4 rings (SSSR count). The molecular formula is C20H25NO3. The number of aliphatic hydroxyl groups is 1. The largest absolute Gasteiger partial charge is 0.493 e. The van der Waals surface area contributed by atoms with Gasteiger partial charge in [-0.1, -0.05) is 30.4 Å². The van der Waals surface area contributed by atoms with Crippen molar-refractivity contribution in [2.24, 2.45) is 0 Å². The van der Waals surface area contributed by atoms with Crippen LogP contribution in [-0.2, 0) is 12.0 Å². The zero-order valence-corrected chi connectivity index (χ0v) is 14.4. The fourth-order valence-electron chi connectivity index (χ4n) is 4.40. The van der Waals surface area contributed by atoms with Gasteiger partial charge in [-0.05, 0) is 25.0 Å². The average Bonchev–Trinajstić information content (AvgIpc) is 2.83. The molecule has 1 aliphatic carbocycles. The smallest absolute Gasteiger partial charge is 0.166 e. The van der Waals surface area contributed by atoms with Crippen LogP contribution < -0.4 is 9.47 Å². The molecule has 1 spiro atoms. The molecule has 0 radical (unpaired) electrons. The van der Waals surface area contributed by atoms with Gasteiger partial charge in [-0.3, -0.25) is 4.90 Å². The Bertz CT molecular complexity index is 696. The Morgan fingerprint density at radius 1 is 1.46 bits per heavy atom. The quantitative estimate of drug-likeness (QED) is 0.867. The Hall–Kier alpha value is -1.78. The lowest BCUT2D eigenvalue weighted by Crippen LogP contribution is -2.43. The summed E-state index contributed by atoms with van der Waals surface area (Å²) in [7, 11) is 1.69. The zero-order chi connectivity index (χ0) is 16.7. The van der Waals surface area contributed by atoms with Crippen LogP contribution in [0.15, 0.2) is 36.4 Å². The maximum atomic E-state index is 10.1. The lowest BCUT2D eigenvalue weighted by atomic mass is 9.69. The number of aliphatic hydroxyl groups excluding tert-OH is 1. The highest BCUT2D eigenvalue weighted by atomic mass is 16.5. The number of benzene rings is 1. The minimum absolute atomic E-state index is 0.00998. The minimum Gasteiger partial charge on any atom is -0.493 e. The third-order valence-corrected chi connectivity index (χ3v) is 5.63. The molecule has 2 heterocycles. The maximum Gasteiger partial charge on any atom is 0.166 e. The van der Waals surface area contributed by atoms with Crippen molar-refractivity contribution in [2.75, 3.05) is 20.2 Å². The highest BCUT2D eigenvalue weighted by molar-refractivity contribution is 5.61. The van der Waals surface area contributed by atoms with Crippen LogP contribution in [0.5, 0.6) is 11.5 Å². The van der Waals surface area contributed by atoms with Gasteiger partial charge in [0.2, 0.25) is 0 Å². The summed E-state index contributed by atoms with van der Waals surface area (Å²) in [4.78, 5) is 2.48. The number of ether oxygens (including phenoxy) is 2. The van der Waals surface area contributed by atoms with Gasteiger partial charge in [-0.15, -0.1) is 0 Å². The van der Waals surface area contributed by atoms with Crippen molar-refractivity contribution in [3.8, 4) is 11.5 Å². The van der Waals surface area contributed by atoms with E-state index >= 15 is 0 Å². The number of hydrogen-bond acceptors (Lipinski definition) is 4. The highest BCUT2D eigenvalue weighted by Gasteiger charge is 2.52. The minimum atomic E-state index is -0.424. The van der Waals surface area contributed by atoms with Crippen LogP contribution in [0.3, 0.4) is 0 Å². The fourth-order valence-corrected chi connectivity index (χ4v) is 4.40. The van der Waals surface area contributed by atoms with Gasteiger partial charge in [0.25, 0.3) is 0 Å². The fraction of sp³-hybridized carbons (Fsp3) is 0.500. The molecule has 0 amide bonds. The Balaban J connectivity index is 1.83. The first-order valence-electron chi connectivity index (χ1n) is 8.76. The van der Waals surface area contributed by atoms with E-state index in [4.69, 9.17) is 9.47 Å². The topological polar surface area (TPSA) is 41.9 Å². The van der Waals surface area contributed by atoms with Crippen LogP contribution in [0.1, 0.15) is 30.9 Å². The monoisotopic (exact) mass is 327 g/mol. The normalized spacial score (nSPS) is 31.5. The number of hydrogen-bond donors (Lipinski definition) is 1. The van der Waals surface area contributed by atoms with Gasteiger partial charge in [-0.25, -0.2) is 0 Å². The standard InChI is InChI=1S/C20H25NO3/c1-3-4-10-21-11-9-20-8-7-15(22)12-17(20)24-19-16(23-2)6-5-14(13-21)18(19)20/h3-8,15,17,22H,9-13H2,1-2H3/b4-3+/t15-,17-,20-/m0/s1. The summed E-state index contributed by atoms with van der Waals surface area (Å²) in [5, 5.41) is 10.1. The zero-order valence-electron chi connectivity index (χ0n) is 14.4. The van der Waals surface area contributed by atoms with Crippen LogP contribution >= 0.6 is 0 Å². The van der Waals surface area contributed by atoms with E-state index < -0.39 is 6.10 Å². The Labute approximate surface area is 143 Å². The summed E-state index contributed by atoms with van der Waals surface area (Å²) in [6.45, 7) is 4.96. The second-order valence-corrected chi connectivity index (χ2v) is 6.99. The molecule has 0 bridgehead atoms. The molecule has 128 valence electrons.